The van der Waals surface area contributed by atoms with E-state index in [0.29, 0.717) is 53.4 Å². The predicted molar refractivity (Wildman–Crippen MR) is 186 cm³/mol. The summed E-state index contributed by atoms with van der Waals surface area (Å²) in [5.41, 5.74) is 7.30. The van der Waals surface area contributed by atoms with Crippen LogP contribution in [0.1, 0.15) is 30.9 Å². The number of esters is 1. The summed E-state index contributed by atoms with van der Waals surface area (Å²) in [5.74, 6) is 1.36. The zero-order valence-corrected chi connectivity index (χ0v) is 29.5. The van der Waals surface area contributed by atoms with Gasteiger partial charge in [0.25, 0.3) is 5.91 Å². The second kappa shape index (κ2) is 18.0. The van der Waals surface area contributed by atoms with Crippen LogP contribution >= 0.6 is 31.9 Å². The molecule has 0 aromatic heterocycles. The van der Waals surface area contributed by atoms with Gasteiger partial charge in [0.2, 0.25) is 0 Å². The van der Waals surface area contributed by atoms with Crippen molar-refractivity contribution >= 4 is 79.2 Å². The molecule has 0 radical (unpaired) electrons. The highest BCUT2D eigenvalue weighted by molar-refractivity contribution is 9.11. The molecule has 2 aliphatic heterocycles. The van der Waals surface area contributed by atoms with E-state index in [4.69, 9.17) is 4.74 Å². The van der Waals surface area contributed by atoms with E-state index in [1.807, 2.05) is 29.2 Å². The average Bonchev–Trinajstić information content (AvgIpc) is 3.25. The number of aromatic hydroxyl groups is 1. The number of amides is 5. The van der Waals surface area contributed by atoms with E-state index >= 15 is 0 Å². The number of anilines is 1. The topological polar surface area (TPSA) is 167 Å². The van der Waals surface area contributed by atoms with Crippen molar-refractivity contribution in [3.8, 4) is 5.75 Å². The molecule has 0 saturated carbocycles. The first-order valence-corrected chi connectivity index (χ1v) is 16.8. The number of carbonyl (C=O) groups excluding carboxylic acids is 5. The second-order valence-corrected chi connectivity index (χ2v) is 12.4. The Morgan fingerprint density at radius 3 is 2.37 bits per heavy atom. The molecule has 2 N–H and O–H groups in total. The molecule has 5 amide bonds. The minimum Gasteiger partial charge on any atom is -0.506 e. The van der Waals surface area contributed by atoms with Crippen molar-refractivity contribution in [1.82, 2.24) is 9.80 Å². The molecule has 2 aromatic rings. The summed E-state index contributed by atoms with van der Waals surface area (Å²) in [6.07, 6.45) is 2.15. The standard InChI is InChI=1S/C34H31Br2N5O8/c1-2-48-32(45)31(44)38-15-8-4-3-7-14-37-30(43)28(21-22-19-25(35)29(42)26(36)20-22)49-34(47)40-16-12-24(13-17-40)41-18-11-23-9-5-6-10-27(23)39-33(41)46/h3-6,9-10,19-20,24,28,42H,2,11-13,16-18,21H2,1H3,(H,39,46)/t28-/m1/s1. The first-order chi connectivity index (χ1) is 23.6. The van der Waals surface area contributed by atoms with Crippen LogP contribution < -0.4 is 5.32 Å². The molecule has 2 heterocycles. The van der Waals surface area contributed by atoms with Crippen LogP contribution in [-0.2, 0) is 36.7 Å². The van der Waals surface area contributed by atoms with E-state index in [9.17, 15) is 29.1 Å². The van der Waals surface area contributed by atoms with Crippen LogP contribution in [0.25, 0.3) is 0 Å². The second-order valence-electron chi connectivity index (χ2n) is 10.7. The third-order valence-electron chi connectivity index (χ3n) is 7.47. The average molecular weight is 797 g/mol. The number of para-hydroxylation sites is 1. The van der Waals surface area contributed by atoms with Crippen LogP contribution in [0.15, 0.2) is 78.9 Å². The van der Waals surface area contributed by atoms with Gasteiger partial charge in [0.05, 0.1) is 15.6 Å². The summed E-state index contributed by atoms with van der Waals surface area (Å²) in [4.78, 5) is 72.2. The zero-order chi connectivity index (χ0) is 35.3. The number of benzene rings is 2. The van der Waals surface area contributed by atoms with Crippen LogP contribution in [0.2, 0.25) is 0 Å². The number of allylic oxidation sites excluding steroid dienone is 2. The highest BCUT2D eigenvalue weighted by Gasteiger charge is 2.33. The summed E-state index contributed by atoms with van der Waals surface area (Å²) in [6.45, 7) is 2.77. The smallest absolute Gasteiger partial charge is 0.410 e. The number of halogens is 2. The number of nitrogens with one attached hydrogen (secondary N) is 1. The van der Waals surface area contributed by atoms with Gasteiger partial charge in [-0.15, -0.1) is 4.99 Å². The highest BCUT2D eigenvalue weighted by atomic mass is 79.9. The van der Waals surface area contributed by atoms with E-state index in [0.717, 1.165) is 11.3 Å². The van der Waals surface area contributed by atoms with Gasteiger partial charge < -0.3 is 29.7 Å². The van der Waals surface area contributed by atoms with E-state index < -0.39 is 30.0 Å². The molecule has 49 heavy (non-hydrogen) atoms. The molecule has 4 rings (SSSR count). The first kappa shape index (κ1) is 36.8. The van der Waals surface area contributed by atoms with Crippen LogP contribution in [0.5, 0.6) is 5.75 Å². The Hall–Kier alpha value is -4.99. The molecule has 0 spiro atoms. The SMILES string of the molecule is CCOC(=O)C(=O)N=C=C=CC=C=C=NC(=O)[C@@H](Cc1cc(Br)c(O)c(Br)c1)OC(=O)N1CCC(N2CCc3ccccc3NC2=O)CC1. The van der Waals surface area contributed by atoms with Crippen molar-refractivity contribution in [2.24, 2.45) is 9.98 Å². The van der Waals surface area contributed by atoms with Gasteiger partial charge in [-0.2, -0.15) is 4.99 Å². The van der Waals surface area contributed by atoms with Crippen LogP contribution in [0.4, 0.5) is 15.3 Å². The van der Waals surface area contributed by atoms with Crippen LogP contribution in [-0.4, -0.2) is 94.9 Å². The van der Waals surface area contributed by atoms with Gasteiger partial charge in [-0.05, 0) is 111 Å². The minimum atomic E-state index is -1.34. The van der Waals surface area contributed by atoms with Crippen molar-refractivity contribution in [3.63, 3.8) is 0 Å². The lowest BCUT2D eigenvalue weighted by atomic mass is 10.0. The summed E-state index contributed by atoms with van der Waals surface area (Å²) in [7, 11) is 0. The molecule has 15 heteroatoms. The Bertz CT molecular complexity index is 1810. The zero-order valence-electron chi connectivity index (χ0n) is 26.3. The third kappa shape index (κ3) is 10.5. The lowest BCUT2D eigenvalue weighted by Gasteiger charge is -2.37. The quantitative estimate of drug-likeness (QED) is 0.131. The number of likely N-dealkylation sites (tertiary alicyclic amines) is 1. The van der Waals surface area contributed by atoms with Crippen LogP contribution in [0.3, 0.4) is 0 Å². The van der Waals surface area contributed by atoms with E-state index in [1.165, 1.54) is 17.1 Å². The minimum absolute atomic E-state index is 0.0306. The number of fused-ring (bicyclic) bond motifs is 1. The van der Waals surface area contributed by atoms with Crippen molar-refractivity contribution in [1.29, 1.82) is 0 Å². The maximum absolute atomic E-state index is 13.3. The lowest BCUT2D eigenvalue weighted by Crippen LogP contribution is -2.50. The maximum Gasteiger partial charge on any atom is 0.410 e. The molecule has 0 aliphatic carbocycles. The summed E-state index contributed by atoms with van der Waals surface area (Å²) < 4.78 is 10.9. The monoisotopic (exact) mass is 795 g/mol. The van der Waals surface area contributed by atoms with Crippen LogP contribution in [0, 0.1) is 0 Å². The number of phenolic OH excluding ortho intramolecular Hbond substituents is 1. The molecule has 1 saturated heterocycles. The summed E-state index contributed by atoms with van der Waals surface area (Å²) in [6, 6.07) is 10.6. The Kier molecular flexibility index (Phi) is 13.5. The molecule has 0 unspecified atom stereocenters. The number of rotatable bonds is 7. The number of ether oxygens (including phenoxy) is 2. The fourth-order valence-electron chi connectivity index (χ4n) is 5.06. The van der Waals surface area contributed by atoms with Gasteiger partial charge in [0, 0.05) is 49.5 Å². The molecule has 2 aromatic carbocycles. The molecular formula is C34H31Br2N5O8. The summed E-state index contributed by atoms with van der Waals surface area (Å²) >= 11 is 6.53. The van der Waals surface area contributed by atoms with Gasteiger partial charge in [0.1, 0.15) is 5.75 Å². The first-order valence-electron chi connectivity index (χ1n) is 15.2. The fourth-order valence-corrected chi connectivity index (χ4v) is 6.34. The van der Waals surface area contributed by atoms with Crippen molar-refractivity contribution in [3.05, 3.63) is 80.1 Å². The molecule has 1 fully saturated rings. The molecule has 1 atom stereocenters. The predicted octanol–water partition coefficient (Wildman–Crippen LogP) is 4.90. The molecule has 254 valence electrons. The van der Waals surface area contributed by atoms with E-state index in [2.05, 4.69) is 75.1 Å². The maximum atomic E-state index is 13.3. The number of urea groups is 1. The fraction of sp³-hybridized carbons (Fsp3) is 0.324. The Labute approximate surface area is 298 Å². The van der Waals surface area contributed by atoms with Gasteiger partial charge in [-0.25, -0.2) is 14.4 Å². The third-order valence-corrected chi connectivity index (χ3v) is 8.68. The molecular weight excluding hydrogens is 766 g/mol. The normalized spacial score (nSPS) is 14.6. The number of carbonyl (C=O) groups is 5. The molecule has 13 nitrogen and oxygen atoms in total. The summed E-state index contributed by atoms with van der Waals surface area (Å²) in [5, 5.41) is 13.1. The van der Waals surface area contributed by atoms with Crippen molar-refractivity contribution < 1.29 is 38.6 Å². The Morgan fingerprint density at radius 1 is 1.04 bits per heavy atom. The van der Waals surface area contributed by atoms with E-state index in [-0.39, 0.29) is 30.9 Å². The highest BCUT2D eigenvalue weighted by Crippen LogP contribution is 2.34. The van der Waals surface area contributed by atoms with Crippen molar-refractivity contribution in [2.75, 3.05) is 31.6 Å². The van der Waals surface area contributed by atoms with Gasteiger partial charge in [-0.3, -0.25) is 9.59 Å². The molecule has 0 bridgehead atoms. The van der Waals surface area contributed by atoms with Gasteiger partial charge in [0.15, 0.2) is 6.10 Å². The number of hydrogen-bond acceptors (Lipinski definition) is 8. The molecule has 2 aliphatic rings. The number of phenols is 1. The lowest BCUT2D eigenvalue weighted by molar-refractivity contribution is -0.152. The van der Waals surface area contributed by atoms with Gasteiger partial charge in [-0.1, -0.05) is 18.2 Å². The van der Waals surface area contributed by atoms with Crippen molar-refractivity contribution in [2.45, 2.75) is 44.8 Å². The van der Waals surface area contributed by atoms with Gasteiger partial charge >= 0.3 is 24.0 Å². The number of hydrogen-bond donors (Lipinski definition) is 2. The largest absolute Gasteiger partial charge is 0.506 e. The Morgan fingerprint density at radius 2 is 1.69 bits per heavy atom. The Balaban J connectivity index is 1.42. The van der Waals surface area contributed by atoms with E-state index in [1.54, 1.807) is 19.1 Å². The number of aliphatic imine (C=N–C) groups is 2. The number of nitrogens with zero attached hydrogens (tertiary/aromatic N) is 4. The number of piperidine rings is 1.